The van der Waals surface area contributed by atoms with E-state index < -0.39 is 19.2 Å². The van der Waals surface area contributed by atoms with Crippen molar-refractivity contribution in [3.05, 3.63) is 54.3 Å². The molecule has 0 aliphatic carbocycles. The first-order valence-electron chi connectivity index (χ1n) is 16.9. The fraction of sp³-hybridized carbons (Fsp3) is 0.594. The summed E-state index contributed by atoms with van der Waals surface area (Å²) in [5, 5.41) is 0.406. The number of aryl methyl sites for hydroxylation is 1. The highest BCUT2D eigenvalue weighted by atomic mass is 16.5. The van der Waals surface area contributed by atoms with E-state index in [0.29, 0.717) is 30.4 Å². The van der Waals surface area contributed by atoms with Gasteiger partial charge >= 0.3 is 5.97 Å². The van der Waals surface area contributed by atoms with Crippen LogP contribution in [0, 0.1) is 0 Å². The normalized spacial score (nSPS) is 18.2. The summed E-state index contributed by atoms with van der Waals surface area (Å²) in [6.45, 7) is 0.983. The summed E-state index contributed by atoms with van der Waals surface area (Å²) in [5.41, 5.74) is 0.754. The van der Waals surface area contributed by atoms with E-state index in [1.54, 1.807) is 35.3 Å². The van der Waals surface area contributed by atoms with Crippen LogP contribution in [0.1, 0.15) is 111 Å². The number of nitrogens with one attached hydrogen (secondary N) is 1. The van der Waals surface area contributed by atoms with Gasteiger partial charge in [-0.05, 0) is 88.5 Å². The second-order valence-electron chi connectivity index (χ2n) is 9.56. The van der Waals surface area contributed by atoms with Gasteiger partial charge in [0.05, 0.1) is 0 Å². The van der Waals surface area contributed by atoms with Crippen molar-refractivity contribution in [1.29, 1.82) is 0 Å². The number of benzene rings is 1. The Labute approximate surface area is 227 Å². The van der Waals surface area contributed by atoms with Gasteiger partial charge in [-0.2, -0.15) is 0 Å². The van der Waals surface area contributed by atoms with Gasteiger partial charge in [0, 0.05) is 38.2 Å². The summed E-state index contributed by atoms with van der Waals surface area (Å²) in [7, 11) is 0. The highest BCUT2D eigenvalue weighted by Gasteiger charge is 2.15. The number of likely N-dealkylation sites (tertiary alicyclic amines) is 1. The number of ether oxygens (including phenoxy) is 1. The fourth-order valence-electron chi connectivity index (χ4n) is 4.41. The summed E-state index contributed by atoms with van der Waals surface area (Å²) >= 11 is 0. The Morgan fingerprint density at radius 1 is 1.00 bits per heavy atom. The molecule has 1 aromatic carbocycles. The zero-order valence-corrected chi connectivity index (χ0v) is 22.0. The van der Waals surface area contributed by atoms with Gasteiger partial charge in [-0.25, -0.2) is 0 Å². The van der Waals surface area contributed by atoms with Crippen LogP contribution < -0.4 is 4.74 Å². The van der Waals surface area contributed by atoms with E-state index in [4.69, 9.17) is 13.0 Å². The summed E-state index contributed by atoms with van der Waals surface area (Å²) in [6.07, 6.45) is 16.6. The molecule has 1 fully saturated rings. The number of rotatable bonds is 18. The predicted octanol–water partition coefficient (Wildman–Crippen LogP) is 8.53. The third kappa shape index (κ3) is 10.3. The Bertz CT molecular complexity index is 1180. The first-order valence-corrected chi connectivity index (χ1v) is 13.9. The molecule has 0 spiro atoms. The lowest BCUT2D eigenvalue weighted by molar-refractivity contribution is -0.134. The fourth-order valence-corrected chi connectivity index (χ4v) is 4.41. The van der Waals surface area contributed by atoms with Crippen molar-refractivity contribution in [3.8, 4) is 5.75 Å². The molecule has 36 heavy (non-hydrogen) atoms. The largest absolute Gasteiger partial charge is 0.426 e. The molecule has 1 aromatic heterocycles. The smallest absolute Gasteiger partial charge is 0.311 e. The standard InChI is InChI=1S/C32H48N2O2/c1-2-3-4-5-6-7-8-9-10-11-12-13-14-15-16-22-31(35)36-30-21-19-20-29-32(30)28(27-33-29)23-26-34-24-17-18-25-34/h6-7,9-10,19-21,27,33H,2-5,8,11-18,22-26H2,1H3/b7-6-,10-9-/i8D2,23D2,26D2. The van der Waals surface area contributed by atoms with E-state index in [1.807, 2.05) is 12.2 Å². The zero-order chi connectivity index (χ0) is 30.6. The van der Waals surface area contributed by atoms with Crippen molar-refractivity contribution >= 4 is 16.9 Å². The van der Waals surface area contributed by atoms with Crippen LogP contribution in [0.2, 0.25) is 0 Å². The molecular formula is C32H48N2O2. The maximum Gasteiger partial charge on any atom is 0.311 e. The first-order chi connectivity index (χ1) is 20.0. The van der Waals surface area contributed by atoms with Crippen LogP contribution in [-0.2, 0) is 11.2 Å². The molecule has 1 saturated heterocycles. The number of hydrogen-bond donors (Lipinski definition) is 1. The van der Waals surface area contributed by atoms with Crippen LogP contribution in [0.25, 0.3) is 10.9 Å². The Kier molecular flexibility index (Phi) is 9.88. The van der Waals surface area contributed by atoms with Gasteiger partial charge in [0.25, 0.3) is 0 Å². The molecule has 198 valence electrons. The molecule has 1 aliphatic heterocycles. The Morgan fingerprint density at radius 2 is 1.72 bits per heavy atom. The number of carbonyl (C=O) groups is 1. The molecular weight excluding hydrogens is 444 g/mol. The van der Waals surface area contributed by atoms with Crippen molar-refractivity contribution in [2.75, 3.05) is 19.6 Å². The third-order valence-corrected chi connectivity index (χ3v) is 6.50. The number of H-pyrrole nitrogens is 1. The molecule has 1 N–H and O–H groups in total. The quantitative estimate of drug-likeness (QED) is 0.0969. The van der Waals surface area contributed by atoms with Crippen LogP contribution in [-0.4, -0.2) is 35.4 Å². The number of nitrogens with zero attached hydrogens (tertiary/aromatic N) is 1. The molecule has 2 aromatic rings. The predicted molar refractivity (Wildman–Crippen MR) is 153 cm³/mol. The summed E-state index contributed by atoms with van der Waals surface area (Å²) in [6, 6.07) is 5.14. The van der Waals surface area contributed by atoms with E-state index in [9.17, 15) is 4.79 Å². The topological polar surface area (TPSA) is 45.3 Å². The van der Waals surface area contributed by atoms with Crippen LogP contribution in [0.5, 0.6) is 5.75 Å². The highest BCUT2D eigenvalue weighted by molar-refractivity contribution is 5.91. The molecule has 4 heteroatoms. The molecule has 0 atom stereocenters. The van der Waals surface area contributed by atoms with E-state index in [0.717, 1.165) is 57.8 Å². The first kappa shape index (κ1) is 20.7. The highest BCUT2D eigenvalue weighted by Crippen LogP contribution is 2.30. The van der Waals surface area contributed by atoms with Crippen LogP contribution in [0.15, 0.2) is 48.7 Å². The van der Waals surface area contributed by atoms with Gasteiger partial charge in [-0.3, -0.25) is 4.79 Å². The molecule has 0 radical (unpaired) electrons. The lowest BCUT2D eigenvalue weighted by atomic mass is 10.1. The SMILES string of the molecule is [2H]C([2H])(/C=C\CCCCC)/C=C\CCCCCCCC(=O)Oc1cccc2[nH]cc(C([2H])([2H])C([2H])([2H])N3CCCC3)c12. The van der Waals surface area contributed by atoms with Crippen molar-refractivity contribution in [2.45, 2.75) is 103 Å². The van der Waals surface area contributed by atoms with E-state index >= 15 is 0 Å². The lowest BCUT2D eigenvalue weighted by Gasteiger charge is -2.14. The van der Waals surface area contributed by atoms with Gasteiger partial charge in [0.15, 0.2) is 0 Å². The van der Waals surface area contributed by atoms with E-state index in [2.05, 4.69) is 11.9 Å². The zero-order valence-electron chi connectivity index (χ0n) is 28.0. The van der Waals surface area contributed by atoms with Crippen molar-refractivity contribution in [3.63, 3.8) is 0 Å². The van der Waals surface area contributed by atoms with Crippen LogP contribution in [0.4, 0.5) is 0 Å². The van der Waals surface area contributed by atoms with Crippen LogP contribution in [0.3, 0.4) is 0 Å². The minimum Gasteiger partial charge on any atom is -0.426 e. The molecule has 0 bridgehead atoms. The van der Waals surface area contributed by atoms with Gasteiger partial charge in [0.1, 0.15) is 5.75 Å². The Hall–Kier alpha value is -2.33. The van der Waals surface area contributed by atoms with Crippen LogP contribution >= 0.6 is 0 Å². The molecule has 0 amide bonds. The Balaban J connectivity index is 1.43. The molecule has 4 nitrogen and oxygen atoms in total. The second kappa shape index (κ2) is 17.2. The van der Waals surface area contributed by atoms with Gasteiger partial charge in [-0.1, -0.05) is 69.4 Å². The molecule has 2 heterocycles. The molecule has 1 aliphatic rings. The lowest BCUT2D eigenvalue weighted by Crippen LogP contribution is -2.21. The van der Waals surface area contributed by atoms with Crippen molar-refractivity contribution in [2.24, 2.45) is 0 Å². The minimum absolute atomic E-state index is 0.155. The Morgan fingerprint density at radius 3 is 2.50 bits per heavy atom. The van der Waals surface area contributed by atoms with Crippen molar-refractivity contribution < 1.29 is 17.8 Å². The monoisotopic (exact) mass is 498 g/mol. The minimum atomic E-state index is -2.32. The number of fused-ring (bicyclic) bond motifs is 1. The molecule has 0 unspecified atom stereocenters. The van der Waals surface area contributed by atoms with Gasteiger partial charge < -0.3 is 14.6 Å². The summed E-state index contributed by atoms with van der Waals surface area (Å²) in [4.78, 5) is 17.3. The molecule has 0 saturated carbocycles. The number of unbranched alkanes of at least 4 members (excludes halogenated alkanes) is 8. The van der Waals surface area contributed by atoms with Gasteiger partial charge in [0.2, 0.25) is 0 Å². The maximum absolute atomic E-state index is 12.7. The number of aromatic nitrogens is 1. The maximum atomic E-state index is 12.7. The third-order valence-electron chi connectivity index (χ3n) is 6.50. The number of allylic oxidation sites excluding steroid dienone is 4. The van der Waals surface area contributed by atoms with E-state index in [-0.39, 0.29) is 23.7 Å². The average Bonchev–Trinajstić information content (AvgIpc) is 3.64. The second-order valence-corrected chi connectivity index (χ2v) is 9.56. The van der Waals surface area contributed by atoms with Crippen molar-refractivity contribution in [1.82, 2.24) is 9.88 Å². The number of carbonyl (C=O) groups excluding carboxylic acids is 1. The average molecular weight is 499 g/mol. The summed E-state index contributed by atoms with van der Waals surface area (Å²) < 4.78 is 56.6. The summed E-state index contributed by atoms with van der Waals surface area (Å²) in [5.74, 6) is -0.136. The number of aromatic amines is 1. The molecule has 3 rings (SSSR count). The number of esters is 1. The number of hydrogen-bond acceptors (Lipinski definition) is 3. The van der Waals surface area contributed by atoms with Gasteiger partial charge in [-0.15, -0.1) is 0 Å². The van der Waals surface area contributed by atoms with E-state index in [1.165, 1.54) is 19.0 Å².